The average Bonchev–Trinajstić information content (AvgIpc) is 2.72. The minimum absolute atomic E-state index is 0.312. The van der Waals surface area contributed by atoms with E-state index in [4.69, 9.17) is 34.3 Å². The number of aryl methyl sites for hydroxylation is 2. The number of halogens is 1. The Hall–Kier alpha value is -1.59. The van der Waals surface area contributed by atoms with Crippen LogP contribution < -0.4 is 10.5 Å². The van der Waals surface area contributed by atoms with Crippen molar-refractivity contribution in [1.29, 1.82) is 0 Å². The zero-order valence-electron chi connectivity index (χ0n) is 11.4. The van der Waals surface area contributed by atoms with Crippen LogP contribution in [-0.2, 0) is 13.2 Å². The highest BCUT2D eigenvalue weighted by molar-refractivity contribution is 7.80. The van der Waals surface area contributed by atoms with Gasteiger partial charge in [-0.05, 0) is 26.0 Å². The second-order valence-electron chi connectivity index (χ2n) is 4.31. The number of ether oxygens (including phenoxy) is 1. The van der Waals surface area contributed by atoms with Crippen molar-refractivity contribution in [3.05, 3.63) is 46.2 Å². The van der Waals surface area contributed by atoms with Crippen molar-refractivity contribution in [2.24, 2.45) is 5.73 Å². The maximum absolute atomic E-state index is 6.25. The Kier molecular flexibility index (Phi) is 4.62. The van der Waals surface area contributed by atoms with Gasteiger partial charge in [0.15, 0.2) is 0 Å². The number of hydrogen-bond acceptors (Lipinski definition) is 3. The van der Waals surface area contributed by atoms with Crippen LogP contribution in [0.4, 0.5) is 0 Å². The Morgan fingerprint density at radius 2 is 2.15 bits per heavy atom. The van der Waals surface area contributed by atoms with Gasteiger partial charge in [-0.1, -0.05) is 36.0 Å². The quantitative estimate of drug-likeness (QED) is 0.862. The normalized spacial score (nSPS) is 10.6. The SMILES string of the molecule is CCn1nc(C)c(Cl)c1COc1ccccc1C(N)=S. The van der Waals surface area contributed by atoms with Gasteiger partial charge >= 0.3 is 0 Å². The summed E-state index contributed by atoms with van der Waals surface area (Å²) in [5.41, 5.74) is 8.05. The highest BCUT2D eigenvalue weighted by Gasteiger charge is 2.14. The molecule has 0 amide bonds. The fourth-order valence-corrected chi connectivity index (χ4v) is 2.31. The van der Waals surface area contributed by atoms with Crippen LogP contribution in [0.5, 0.6) is 5.75 Å². The number of nitrogens with zero attached hydrogens (tertiary/aromatic N) is 2. The van der Waals surface area contributed by atoms with E-state index in [1.54, 1.807) is 0 Å². The molecule has 106 valence electrons. The Morgan fingerprint density at radius 1 is 1.45 bits per heavy atom. The van der Waals surface area contributed by atoms with E-state index in [1.807, 2.05) is 42.8 Å². The molecule has 0 aliphatic carbocycles. The van der Waals surface area contributed by atoms with Crippen LogP contribution in [0.15, 0.2) is 24.3 Å². The molecule has 1 aromatic carbocycles. The van der Waals surface area contributed by atoms with Gasteiger partial charge in [-0.15, -0.1) is 0 Å². The van der Waals surface area contributed by atoms with Gasteiger partial charge < -0.3 is 10.5 Å². The molecule has 0 atom stereocenters. The fraction of sp³-hybridized carbons (Fsp3) is 0.286. The maximum Gasteiger partial charge on any atom is 0.131 e. The van der Waals surface area contributed by atoms with Crippen molar-refractivity contribution in [2.45, 2.75) is 27.0 Å². The molecule has 0 spiro atoms. The van der Waals surface area contributed by atoms with Crippen molar-refractivity contribution < 1.29 is 4.74 Å². The summed E-state index contributed by atoms with van der Waals surface area (Å²) < 4.78 is 7.64. The molecule has 0 saturated heterocycles. The van der Waals surface area contributed by atoms with E-state index in [-0.39, 0.29) is 0 Å². The number of rotatable bonds is 5. The number of benzene rings is 1. The van der Waals surface area contributed by atoms with Gasteiger partial charge in [0.25, 0.3) is 0 Å². The molecule has 4 nitrogen and oxygen atoms in total. The first-order valence-corrected chi connectivity index (χ1v) is 7.06. The highest BCUT2D eigenvalue weighted by Crippen LogP contribution is 2.24. The molecule has 0 fully saturated rings. The predicted octanol–water partition coefficient (Wildman–Crippen LogP) is 3.08. The van der Waals surface area contributed by atoms with Crippen molar-refractivity contribution in [3.8, 4) is 5.75 Å². The van der Waals surface area contributed by atoms with Crippen LogP contribution in [0.25, 0.3) is 0 Å². The summed E-state index contributed by atoms with van der Waals surface area (Å²) in [5, 5.41) is 4.99. The van der Waals surface area contributed by atoms with Gasteiger partial charge in [0.2, 0.25) is 0 Å². The molecule has 6 heteroatoms. The van der Waals surface area contributed by atoms with Crippen LogP contribution in [0.1, 0.15) is 23.9 Å². The van der Waals surface area contributed by atoms with Crippen molar-refractivity contribution in [1.82, 2.24) is 9.78 Å². The lowest BCUT2D eigenvalue weighted by Gasteiger charge is -2.11. The molecule has 0 bridgehead atoms. The Balaban J connectivity index is 2.23. The Bertz CT molecular complexity index is 639. The molecule has 0 aliphatic heterocycles. The molecule has 0 saturated carbocycles. The fourth-order valence-electron chi connectivity index (χ4n) is 1.95. The summed E-state index contributed by atoms with van der Waals surface area (Å²) in [5.74, 6) is 0.651. The summed E-state index contributed by atoms with van der Waals surface area (Å²) in [6.45, 7) is 4.95. The summed E-state index contributed by atoms with van der Waals surface area (Å²) >= 11 is 11.3. The van der Waals surface area contributed by atoms with Crippen LogP contribution in [0.2, 0.25) is 5.02 Å². The molecule has 0 unspecified atom stereocenters. The van der Waals surface area contributed by atoms with Gasteiger partial charge in [-0.3, -0.25) is 4.68 Å². The van der Waals surface area contributed by atoms with Crippen LogP contribution in [-0.4, -0.2) is 14.8 Å². The van der Waals surface area contributed by atoms with Crippen LogP contribution >= 0.6 is 23.8 Å². The highest BCUT2D eigenvalue weighted by atomic mass is 35.5. The predicted molar refractivity (Wildman–Crippen MR) is 84.3 cm³/mol. The van der Waals surface area contributed by atoms with Crippen LogP contribution in [0.3, 0.4) is 0 Å². The van der Waals surface area contributed by atoms with Crippen molar-refractivity contribution >= 4 is 28.8 Å². The van der Waals surface area contributed by atoms with E-state index in [0.717, 1.165) is 23.5 Å². The number of aromatic nitrogens is 2. The smallest absolute Gasteiger partial charge is 0.131 e. The first kappa shape index (κ1) is 14.8. The summed E-state index contributed by atoms with van der Waals surface area (Å²) in [6, 6.07) is 7.42. The van der Waals surface area contributed by atoms with E-state index in [9.17, 15) is 0 Å². The third-order valence-electron chi connectivity index (χ3n) is 2.97. The first-order valence-electron chi connectivity index (χ1n) is 6.28. The second kappa shape index (κ2) is 6.24. The third-order valence-corrected chi connectivity index (χ3v) is 3.68. The van der Waals surface area contributed by atoms with Gasteiger partial charge in [0.1, 0.15) is 17.3 Å². The minimum Gasteiger partial charge on any atom is -0.487 e. The molecule has 20 heavy (non-hydrogen) atoms. The maximum atomic E-state index is 6.25. The molecule has 2 N–H and O–H groups in total. The number of nitrogens with two attached hydrogens (primary N) is 1. The van der Waals surface area contributed by atoms with Crippen LogP contribution in [0, 0.1) is 6.92 Å². The third kappa shape index (κ3) is 2.94. The monoisotopic (exact) mass is 309 g/mol. The van der Waals surface area contributed by atoms with Crippen molar-refractivity contribution in [2.75, 3.05) is 0 Å². The second-order valence-corrected chi connectivity index (χ2v) is 5.13. The Labute approximate surface area is 128 Å². The zero-order valence-corrected chi connectivity index (χ0v) is 13.0. The average molecular weight is 310 g/mol. The molecule has 2 rings (SSSR count). The van der Waals surface area contributed by atoms with E-state index in [1.165, 1.54) is 0 Å². The van der Waals surface area contributed by atoms with Gasteiger partial charge in [0.05, 0.1) is 22.0 Å². The summed E-state index contributed by atoms with van der Waals surface area (Å²) in [7, 11) is 0. The van der Waals surface area contributed by atoms with Gasteiger partial charge in [-0.2, -0.15) is 5.10 Å². The molecular weight excluding hydrogens is 294 g/mol. The van der Waals surface area contributed by atoms with Crippen molar-refractivity contribution in [3.63, 3.8) is 0 Å². The molecular formula is C14H16ClN3OS. The molecule has 0 aliphatic rings. The first-order chi connectivity index (χ1) is 9.54. The van der Waals surface area contributed by atoms with E-state index in [0.29, 0.717) is 22.4 Å². The van der Waals surface area contributed by atoms with Gasteiger partial charge in [0, 0.05) is 6.54 Å². The van der Waals surface area contributed by atoms with Gasteiger partial charge in [-0.25, -0.2) is 0 Å². The summed E-state index contributed by atoms with van der Waals surface area (Å²) in [4.78, 5) is 0.312. The Morgan fingerprint density at radius 3 is 2.80 bits per heavy atom. The molecule has 0 radical (unpaired) electrons. The number of para-hydroxylation sites is 1. The van der Waals surface area contributed by atoms with E-state index >= 15 is 0 Å². The lowest BCUT2D eigenvalue weighted by molar-refractivity contribution is 0.292. The molecule has 1 aromatic heterocycles. The molecule has 1 heterocycles. The number of hydrogen-bond donors (Lipinski definition) is 1. The summed E-state index contributed by atoms with van der Waals surface area (Å²) in [6.07, 6.45) is 0. The van der Waals surface area contributed by atoms with E-state index < -0.39 is 0 Å². The van der Waals surface area contributed by atoms with E-state index in [2.05, 4.69) is 5.10 Å². The zero-order chi connectivity index (χ0) is 14.7. The number of thiocarbonyl (C=S) groups is 1. The minimum atomic E-state index is 0.312. The lowest BCUT2D eigenvalue weighted by Crippen LogP contribution is -2.12. The standard InChI is InChI=1S/C14H16ClN3OS/c1-3-18-11(13(15)9(2)17-18)8-19-12-7-5-4-6-10(12)14(16)20/h4-7H,3,8H2,1-2H3,(H2,16,20). The largest absolute Gasteiger partial charge is 0.487 e. The molecule has 2 aromatic rings. The lowest BCUT2D eigenvalue weighted by atomic mass is 10.2. The topological polar surface area (TPSA) is 53.1 Å².